The Labute approximate surface area is 128 Å². The number of nitrogens with one attached hydrogen (secondary N) is 1. The first-order valence-corrected chi connectivity index (χ1v) is 8.63. The molecule has 1 aromatic rings. The summed E-state index contributed by atoms with van der Waals surface area (Å²) in [4.78, 5) is 11.9. The van der Waals surface area contributed by atoms with Crippen LogP contribution in [0.5, 0.6) is 0 Å². The first-order valence-electron chi connectivity index (χ1n) is 5.95. The predicted octanol–water partition coefficient (Wildman–Crippen LogP) is 3.35. The maximum Gasteiger partial charge on any atom is 0.261 e. The average molecular weight is 338 g/mol. The molecule has 0 saturated carbocycles. The summed E-state index contributed by atoms with van der Waals surface area (Å²) in [5.41, 5.74) is 0.420. The molecule has 112 valence electrons. The van der Waals surface area contributed by atoms with Crippen molar-refractivity contribution in [2.75, 3.05) is 6.54 Å². The third kappa shape index (κ3) is 4.65. The number of amides is 1. The van der Waals surface area contributed by atoms with Crippen molar-refractivity contribution in [1.29, 1.82) is 0 Å². The minimum absolute atomic E-state index is 0.0778. The molecule has 1 rings (SSSR count). The molecule has 0 radical (unpaired) electrons. The number of rotatable bonds is 3. The van der Waals surface area contributed by atoms with Crippen molar-refractivity contribution in [3.8, 4) is 0 Å². The summed E-state index contributed by atoms with van der Waals surface area (Å²) >= 11 is 5.96. The molecule has 0 aliphatic carbocycles. The number of hydrogen-bond donors (Lipinski definition) is 1. The number of carbonyl (C=O) groups excluding carboxylic acids is 1. The molecule has 0 aliphatic rings. The van der Waals surface area contributed by atoms with Crippen LogP contribution in [0.1, 0.15) is 36.7 Å². The second-order valence-corrected chi connectivity index (χ2v) is 8.70. The Morgan fingerprint density at radius 3 is 2.30 bits per heavy atom. The zero-order valence-electron chi connectivity index (χ0n) is 11.8. The Hall–Kier alpha value is -0.780. The van der Waals surface area contributed by atoms with E-state index in [0.717, 1.165) is 0 Å². The summed E-state index contributed by atoms with van der Waals surface area (Å²) in [6.45, 7) is 7.92. The first kappa shape index (κ1) is 17.3. The normalized spacial score (nSPS) is 12.3. The van der Waals surface area contributed by atoms with Crippen molar-refractivity contribution in [1.82, 2.24) is 5.32 Å². The lowest BCUT2D eigenvalue weighted by molar-refractivity contribution is 0.0939. The SMILES string of the molecule is Cc1c(Cl)cc(C(=O)NCC(C)(C)C)cc1S(=O)(=O)Cl. The van der Waals surface area contributed by atoms with Crippen LogP contribution in [0.3, 0.4) is 0 Å². The van der Waals surface area contributed by atoms with Gasteiger partial charge in [0.15, 0.2) is 0 Å². The van der Waals surface area contributed by atoms with E-state index < -0.39 is 9.05 Å². The standard InChI is InChI=1S/C13H17Cl2NO3S/c1-8-10(14)5-9(6-11(8)20(15,18)19)12(17)16-7-13(2,3)4/h5-6H,7H2,1-4H3,(H,16,17). The molecule has 0 atom stereocenters. The quantitative estimate of drug-likeness (QED) is 0.860. The molecular weight excluding hydrogens is 321 g/mol. The van der Waals surface area contributed by atoms with Crippen molar-refractivity contribution in [3.05, 3.63) is 28.3 Å². The smallest absolute Gasteiger partial charge is 0.261 e. The molecule has 0 unspecified atom stereocenters. The van der Waals surface area contributed by atoms with Gasteiger partial charge in [-0.15, -0.1) is 0 Å². The summed E-state index contributed by atoms with van der Waals surface area (Å²) in [7, 11) is 1.40. The largest absolute Gasteiger partial charge is 0.352 e. The number of hydrogen-bond acceptors (Lipinski definition) is 3. The summed E-state index contributed by atoms with van der Waals surface area (Å²) < 4.78 is 22.9. The fourth-order valence-corrected chi connectivity index (χ4v) is 2.99. The second-order valence-electron chi connectivity index (χ2n) is 5.76. The molecule has 0 spiro atoms. The summed E-state index contributed by atoms with van der Waals surface area (Å²) in [6, 6.07) is 2.67. The van der Waals surface area contributed by atoms with Gasteiger partial charge in [0.05, 0.1) is 4.90 Å². The van der Waals surface area contributed by atoms with Gasteiger partial charge in [-0.2, -0.15) is 0 Å². The molecule has 0 aromatic heterocycles. The summed E-state index contributed by atoms with van der Waals surface area (Å²) in [6.07, 6.45) is 0. The van der Waals surface area contributed by atoms with Gasteiger partial charge < -0.3 is 5.32 Å². The Bertz CT molecular complexity index is 634. The lowest BCUT2D eigenvalue weighted by Gasteiger charge is -2.19. The highest BCUT2D eigenvalue weighted by molar-refractivity contribution is 8.13. The van der Waals surface area contributed by atoms with E-state index in [9.17, 15) is 13.2 Å². The second kappa shape index (κ2) is 5.92. The molecule has 0 bridgehead atoms. The van der Waals surface area contributed by atoms with E-state index in [2.05, 4.69) is 5.32 Å². The molecule has 0 aliphatic heterocycles. The highest BCUT2D eigenvalue weighted by Gasteiger charge is 2.20. The minimum atomic E-state index is -3.95. The van der Waals surface area contributed by atoms with Gasteiger partial charge in [-0.3, -0.25) is 4.79 Å². The fourth-order valence-electron chi connectivity index (χ4n) is 1.49. The average Bonchev–Trinajstić information content (AvgIpc) is 2.26. The summed E-state index contributed by atoms with van der Waals surface area (Å²) in [5, 5.41) is 2.92. The van der Waals surface area contributed by atoms with Crippen LogP contribution in [0.15, 0.2) is 17.0 Å². The van der Waals surface area contributed by atoms with Crippen molar-refractivity contribution < 1.29 is 13.2 Å². The van der Waals surface area contributed by atoms with Gasteiger partial charge >= 0.3 is 0 Å². The van der Waals surface area contributed by atoms with Gasteiger partial charge in [0.2, 0.25) is 0 Å². The fraction of sp³-hybridized carbons (Fsp3) is 0.462. The Balaban J connectivity index is 3.15. The Morgan fingerprint density at radius 2 is 1.85 bits per heavy atom. The van der Waals surface area contributed by atoms with E-state index in [1.807, 2.05) is 20.8 Å². The van der Waals surface area contributed by atoms with Crippen LogP contribution in [0.2, 0.25) is 5.02 Å². The molecule has 7 heteroatoms. The molecule has 1 aromatic carbocycles. The molecule has 4 nitrogen and oxygen atoms in total. The van der Waals surface area contributed by atoms with Gasteiger partial charge in [0.25, 0.3) is 15.0 Å². The topological polar surface area (TPSA) is 63.2 Å². The highest BCUT2D eigenvalue weighted by Crippen LogP contribution is 2.27. The van der Waals surface area contributed by atoms with Crippen LogP contribution < -0.4 is 5.32 Å². The zero-order chi connectivity index (χ0) is 15.7. The maximum absolute atomic E-state index is 12.0. The molecule has 20 heavy (non-hydrogen) atoms. The molecule has 0 fully saturated rings. The van der Waals surface area contributed by atoms with Gasteiger partial charge in [-0.05, 0) is 30.0 Å². The van der Waals surface area contributed by atoms with Crippen molar-refractivity contribution in [3.63, 3.8) is 0 Å². The number of carbonyl (C=O) groups is 1. The van der Waals surface area contributed by atoms with Crippen molar-refractivity contribution in [2.45, 2.75) is 32.6 Å². The van der Waals surface area contributed by atoms with E-state index in [0.29, 0.717) is 12.1 Å². The van der Waals surface area contributed by atoms with Gasteiger partial charge in [0.1, 0.15) is 0 Å². The lowest BCUT2D eigenvalue weighted by Crippen LogP contribution is -2.32. The lowest BCUT2D eigenvalue weighted by atomic mass is 9.97. The van der Waals surface area contributed by atoms with E-state index >= 15 is 0 Å². The van der Waals surface area contributed by atoms with Crippen LogP contribution in [-0.4, -0.2) is 20.9 Å². The number of benzene rings is 1. The van der Waals surface area contributed by atoms with Gasteiger partial charge in [0, 0.05) is 27.8 Å². The predicted molar refractivity (Wildman–Crippen MR) is 81.0 cm³/mol. The van der Waals surface area contributed by atoms with Gasteiger partial charge in [-0.25, -0.2) is 8.42 Å². The third-order valence-corrected chi connectivity index (χ3v) is 4.44. The number of halogens is 2. The molecular formula is C13H17Cl2NO3S. The van der Waals surface area contributed by atoms with E-state index in [1.54, 1.807) is 0 Å². The van der Waals surface area contributed by atoms with Crippen molar-refractivity contribution >= 4 is 37.2 Å². The molecule has 0 saturated heterocycles. The molecule has 1 N–H and O–H groups in total. The van der Waals surface area contributed by atoms with Crippen LogP contribution in [-0.2, 0) is 9.05 Å². The van der Waals surface area contributed by atoms with Crippen LogP contribution >= 0.6 is 22.3 Å². The van der Waals surface area contributed by atoms with Crippen molar-refractivity contribution in [2.24, 2.45) is 5.41 Å². The highest BCUT2D eigenvalue weighted by atomic mass is 35.7. The Morgan fingerprint density at radius 1 is 1.30 bits per heavy atom. The summed E-state index contributed by atoms with van der Waals surface area (Å²) in [5.74, 6) is -0.386. The monoisotopic (exact) mass is 337 g/mol. The zero-order valence-corrected chi connectivity index (χ0v) is 14.1. The minimum Gasteiger partial charge on any atom is -0.352 e. The van der Waals surface area contributed by atoms with Gasteiger partial charge in [-0.1, -0.05) is 32.4 Å². The Kier molecular flexibility index (Phi) is 5.11. The van der Waals surface area contributed by atoms with E-state index in [4.69, 9.17) is 22.3 Å². The van der Waals surface area contributed by atoms with Crippen LogP contribution in [0.25, 0.3) is 0 Å². The van der Waals surface area contributed by atoms with E-state index in [-0.39, 0.29) is 26.8 Å². The maximum atomic E-state index is 12.0. The first-order chi connectivity index (χ1) is 8.92. The molecule has 0 heterocycles. The van der Waals surface area contributed by atoms with Crippen LogP contribution in [0, 0.1) is 12.3 Å². The van der Waals surface area contributed by atoms with E-state index in [1.165, 1.54) is 19.1 Å². The third-order valence-electron chi connectivity index (χ3n) is 2.60. The molecule has 1 amide bonds. The van der Waals surface area contributed by atoms with Crippen LogP contribution in [0.4, 0.5) is 0 Å².